The zero-order valence-corrected chi connectivity index (χ0v) is 8.26. The Balaban J connectivity index is 2.12. The quantitative estimate of drug-likeness (QED) is 0.773. The van der Waals surface area contributed by atoms with Gasteiger partial charge >= 0.3 is 6.09 Å². The molecule has 0 aromatic carbocycles. The smallest absolute Gasteiger partial charge is 0.405 e. The Hall–Kier alpha value is -1.78. The normalized spacial score (nSPS) is 20.8. The molecule has 0 fully saturated rings. The third kappa shape index (κ3) is 2.37. The topological polar surface area (TPSA) is 67.2 Å². The molecule has 0 aliphatic heterocycles. The maximum Gasteiger partial charge on any atom is 0.405 e. The van der Waals surface area contributed by atoms with Gasteiger partial charge in [0.1, 0.15) is 0 Å². The monoisotopic (exact) mass is 207 g/mol. The molecule has 5 heteroatoms. The highest BCUT2D eigenvalue weighted by molar-refractivity contribution is 5.66. The Morgan fingerprint density at radius 1 is 1.67 bits per heavy atom. The largest absolute Gasteiger partial charge is 0.465 e. The second-order valence-electron chi connectivity index (χ2n) is 3.58. The minimum atomic E-state index is -0.969. The summed E-state index contributed by atoms with van der Waals surface area (Å²) in [7, 11) is 0. The summed E-state index contributed by atoms with van der Waals surface area (Å²) in [4.78, 5) is 14.5. The van der Waals surface area contributed by atoms with Crippen LogP contribution in [0.2, 0.25) is 0 Å². The van der Waals surface area contributed by atoms with Crippen LogP contribution in [0.4, 0.5) is 4.79 Å². The maximum absolute atomic E-state index is 10.5. The van der Waals surface area contributed by atoms with Crippen LogP contribution < -0.4 is 5.32 Å². The molecule has 15 heavy (non-hydrogen) atoms. The third-order valence-electron chi connectivity index (χ3n) is 2.49. The number of amides is 1. The van der Waals surface area contributed by atoms with Crippen LogP contribution in [0, 0.1) is 0 Å². The number of rotatable bonds is 2. The van der Waals surface area contributed by atoms with E-state index in [1.165, 1.54) is 0 Å². The van der Waals surface area contributed by atoms with Gasteiger partial charge in [0.25, 0.3) is 0 Å². The van der Waals surface area contributed by atoms with Crippen LogP contribution in [0.15, 0.2) is 24.8 Å². The molecule has 1 unspecified atom stereocenters. The van der Waals surface area contributed by atoms with Crippen molar-refractivity contribution in [1.29, 1.82) is 0 Å². The van der Waals surface area contributed by atoms with E-state index in [9.17, 15) is 4.79 Å². The van der Waals surface area contributed by atoms with Crippen LogP contribution in [0.3, 0.4) is 0 Å². The van der Waals surface area contributed by atoms with Crippen LogP contribution in [-0.4, -0.2) is 26.8 Å². The predicted molar refractivity (Wildman–Crippen MR) is 55.3 cm³/mol. The summed E-state index contributed by atoms with van der Waals surface area (Å²) < 4.78 is 1.93. The number of nitrogens with zero attached hydrogens (tertiary/aromatic N) is 2. The van der Waals surface area contributed by atoms with Gasteiger partial charge < -0.3 is 15.0 Å². The Kier molecular flexibility index (Phi) is 2.71. The van der Waals surface area contributed by atoms with Gasteiger partial charge in [-0.1, -0.05) is 0 Å². The lowest BCUT2D eigenvalue weighted by Crippen LogP contribution is -2.33. The Morgan fingerprint density at radius 2 is 2.53 bits per heavy atom. The van der Waals surface area contributed by atoms with Crippen molar-refractivity contribution in [2.45, 2.75) is 25.3 Å². The Labute approximate surface area is 87.4 Å². The zero-order chi connectivity index (χ0) is 10.7. The lowest BCUT2D eigenvalue weighted by atomic mass is 10.00. The van der Waals surface area contributed by atoms with Crippen molar-refractivity contribution in [3.05, 3.63) is 24.8 Å². The molecular weight excluding hydrogens is 194 g/mol. The number of hydrogen-bond donors (Lipinski definition) is 2. The van der Waals surface area contributed by atoms with Crippen molar-refractivity contribution in [2.75, 3.05) is 0 Å². The number of hydrogen-bond acceptors (Lipinski definition) is 2. The lowest BCUT2D eigenvalue weighted by Gasteiger charge is -2.21. The fourth-order valence-corrected chi connectivity index (χ4v) is 1.82. The van der Waals surface area contributed by atoms with E-state index in [1.807, 2.05) is 16.8 Å². The van der Waals surface area contributed by atoms with E-state index in [-0.39, 0.29) is 6.04 Å². The number of imidazole rings is 1. The molecule has 0 saturated heterocycles. The van der Waals surface area contributed by atoms with Crippen LogP contribution in [0.5, 0.6) is 0 Å². The van der Waals surface area contributed by atoms with E-state index in [0.29, 0.717) is 0 Å². The first-order chi connectivity index (χ1) is 7.25. The van der Waals surface area contributed by atoms with Crippen LogP contribution in [0.1, 0.15) is 19.3 Å². The molecule has 2 N–H and O–H groups in total. The molecule has 2 rings (SSSR count). The van der Waals surface area contributed by atoms with Gasteiger partial charge in [-0.05, 0) is 25.3 Å². The van der Waals surface area contributed by atoms with E-state index < -0.39 is 6.09 Å². The van der Waals surface area contributed by atoms with E-state index >= 15 is 0 Å². The lowest BCUT2D eigenvalue weighted by molar-refractivity contribution is 0.191. The molecule has 5 nitrogen and oxygen atoms in total. The van der Waals surface area contributed by atoms with Gasteiger partial charge in [-0.25, -0.2) is 9.78 Å². The standard InChI is InChI=1S/C10H13N3O2/c14-10(15)12-8-2-1-3-9(6-8)13-5-4-11-7-13/h4-8,12H,1-3H2,(H,14,15). The second-order valence-corrected chi connectivity index (χ2v) is 3.58. The molecule has 1 aliphatic rings. The Bertz CT molecular complexity index is 370. The van der Waals surface area contributed by atoms with Crippen molar-refractivity contribution in [1.82, 2.24) is 14.9 Å². The maximum atomic E-state index is 10.5. The van der Waals surface area contributed by atoms with Gasteiger partial charge in [-0.3, -0.25) is 0 Å². The van der Waals surface area contributed by atoms with Crippen LogP contribution >= 0.6 is 0 Å². The third-order valence-corrected chi connectivity index (χ3v) is 2.49. The van der Waals surface area contributed by atoms with Crippen molar-refractivity contribution < 1.29 is 9.90 Å². The van der Waals surface area contributed by atoms with Crippen LogP contribution in [-0.2, 0) is 0 Å². The SMILES string of the molecule is O=C(O)NC1C=C(n2ccnc2)CCC1. The average molecular weight is 207 g/mol. The summed E-state index contributed by atoms with van der Waals surface area (Å²) in [6, 6.07) is -0.0753. The fraction of sp³-hybridized carbons (Fsp3) is 0.400. The second kappa shape index (κ2) is 4.16. The molecule has 0 bridgehead atoms. The summed E-state index contributed by atoms with van der Waals surface area (Å²) in [6.07, 6.45) is 9.13. The van der Waals surface area contributed by atoms with Crippen molar-refractivity contribution in [2.24, 2.45) is 0 Å². The molecule has 1 amide bonds. The molecule has 0 saturated carbocycles. The number of nitrogens with one attached hydrogen (secondary N) is 1. The highest BCUT2D eigenvalue weighted by Crippen LogP contribution is 2.21. The summed E-state index contributed by atoms with van der Waals surface area (Å²) in [5.41, 5.74) is 1.11. The highest BCUT2D eigenvalue weighted by Gasteiger charge is 2.15. The minimum absolute atomic E-state index is 0.0753. The van der Waals surface area contributed by atoms with E-state index in [0.717, 1.165) is 25.0 Å². The molecular formula is C10H13N3O2. The molecule has 1 aromatic heterocycles. The van der Waals surface area contributed by atoms with Crippen LogP contribution in [0.25, 0.3) is 5.70 Å². The minimum Gasteiger partial charge on any atom is -0.465 e. The molecule has 0 radical (unpaired) electrons. The molecule has 1 heterocycles. The number of allylic oxidation sites excluding steroid dienone is 1. The van der Waals surface area contributed by atoms with E-state index in [4.69, 9.17) is 5.11 Å². The van der Waals surface area contributed by atoms with Gasteiger partial charge in [0.05, 0.1) is 12.4 Å². The molecule has 1 aromatic rings. The number of carbonyl (C=O) groups is 1. The highest BCUT2D eigenvalue weighted by atomic mass is 16.4. The fourth-order valence-electron chi connectivity index (χ4n) is 1.82. The molecule has 80 valence electrons. The van der Waals surface area contributed by atoms with Gasteiger partial charge in [-0.2, -0.15) is 0 Å². The van der Waals surface area contributed by atoms with Gasteiger partial charge in [0.2, 0.25) is 0 Å². The van der Waals surface area contributed by atoms with E-state index in [1.54, 1.807) is 12.5 Å². The first-order valence-corrected chi connectivity index (χ1v) is 4.94. The van der Waals surface area contributed by atoms with Gasteiger partial charge in [0.15, 0.2) is 0 Å². The summed E-state index contributed by atoms with van der Waals surface area (Å²) in [6.45, 7) is 0. The average Bonchev–Trinajstić information content (AvgIpc) is 2.69. The van der Waals surface area contributed by atoms with Crippen molar-refractivity contribution >= 4 is 11.8 Å². The molecule has 1 aliphatic carbocycles. The molecule has 0 spiro atoms. The Morgan fingerprint density at radius 3 is 3.20 bits per heavy atom. The van der Waals surface area contributed by atoms with E-state index in [2.05, 4.69) is 10.3 Å². The first kappa shape index (κ1) is 9.76. The first-order valence-electron chi connectivity index (χ1n) is 4.94. The van der Waals surface area contributed by atoms with Gasteiger partial charge in [0, 0.05) is 18.1 Å². The van der Waals surface area contributed by atoms with Crippen molar-refractivity contribution in [3.8, 4) is 0 Å². The molecule has 1 atom stereocenters. The summed E-state index contributed by atoms with van der Waals surface area (Å²) in [5.74, 6) is 0. The van der Waals surface area contributed by atoms with Crippen molar-refractivity contribution in [3.63, 3.8) is 0 Å². The number of aromatic nitrogens is 2. The number of carboxylic acid groups (broad SMARTS) is 1. The van der Waals surface area contributed by atoms with Gasteiger partial charge in [-0.15, -0.1) is 0 Å². The summed E-state index contributed by atoms with van der Waals surface area (Å²) >= 11 is 0. The zero-order valence-electron chi connectivity index (χ0n) is 8.26. The summed E-state index contributed by atoms with van der Waals surface area (Å²) in [5, 5.41) is 11.1. The predicted octanol–water partition coefficient (Wildman–Crippen LogP) is 1.54.